The van der Waals surface area contributed by atoms with Gasteiger partial charge in [0.1, 0.15) is 5.75 Å². The van der Waals surface area contributed by atoms with Crippen molar-refractivity contribution in [2.24, 2.45) is 0 Å². The number of hydrogen-bond donors (Lipinski definition) is 1. The molecular weight excluding hydrogens is 238 g/mol. The predicted octanol–water partition coefficient (Wildman–Crippen LogP) is 3.22. The number of ether oxygens (including phenoxy) is 2. The van der Waals surface area contributed by atoms with Crippen molar-refractivity contribution in [3.8, 4) is 5.75 Å². The summed E-state index contributed by atoms with van der Waals surface area (Å²) >= 11 is 0. The second kappa shape index (κ2) is 6.40. The highest BCUT2D eigenvalue weighted by Crippen LogP contribution is 2.30. The van der Waals surface area contributed by atoms with E-state index in [2.05, 4.69) is 44.3 Å². The molecule has 2 rings (SSSR count). The Balaban J connectivity index is 1.92. The van der Waals surface area contributed by atoms with Gasteiger partial charge < -0.3 is 14.8 Å². The Labute approximate surface area is 116 Å². The topological polar surface area (TPSA) is 30.5 Å². The van der Waals surface area contributed by atoms with Gasteiger partial charge in [0.2, 0.25) is 0 Å². The van der Waals surface area contributed by atoms with Gasteiger partial charge in [0.05, 0.1) is 13.2 Å². The molecule has 1 atom stereocenters. The van der Waals surface area contributed by atoms with Crippen LogP contribution in [0.15, 0.2) is 18.2 Å². The maximum absolute atomic E-state index is 5.59. The third-order valence-electron chi connectivity index (χ3n) is 3.84. The summed E-state index contributed by atoms with van der Waals surface area (Å²) in [6.45, 7) is 7.16. The number of aryl methyl sites for hydroxylation is 1. The lowest BCUT2D eigenvalue weighted by Crippen LogP contribution is -2.46. The fourth-order valence-corrected chi connectivity index (χ4v) is 2.69. The number of nitrogens with one attached hydrogen (secondary N) is 1. The molecule has 0 aromatic heterocycles. The molecule has 1 aliphatic rings. The van der Waals surface area contributed by atoms with Crippen molar-refractivity contribution in [3.63, 3.8) is 0 Å². The summed E-state index contributed by atoms with van der Waals surface area (Å²) in [7, 11) is 1.74. The number of methoxy groups -OCH3 is 1. The molecule has 1 saturated carbocycles. The second-order valence-corrected chi connectivity index (χ2v) is 5.38. The first kappa shape index (κ1) is 14.4. The third-order valence-corrected chi connectivity index (χ3v) is 3.84. The Morgan fingerprint density at radius 2 is 2.11 bits per heavy atom. The van der Waals surface area contributed by atoms with E-state index in [0.29, 0.717) is 18.2 Å². The van der Waals surface area contributed by atoms with E-state index in [-0.39, 0.29) is 0 Å². The number of benzene rings is 1. The highest BCUT2D eigenvalue weighted by atomic mass is 16.5. The largest absolute Gasteiger partial charge is 0.496 e. The van der Waals surface area contributed by atoms with E-state index < -0.39 is 0 Å². The van der Waals surface area contributed by atoms with Crippen LogP contribution < -0.4 is 10.1 Å². The first-order chi connectivity index (χ1) is 9.13. The molecule has 1 aliphatic carbocycles. The molecule has 1 aromatic carbocycles. The van der Waals surface area contributed by atoms with Crippen molar-refractivity contribution in [2.45, 2.75) is 51.8 Å². The van der Waals surface area contributed by atoms with Gasteiger partial charge in [0, 0.05) is 24.3 Å². The Hall–Kier alpha value is -1.06. The Bertz CT molecular complexity index is 413. The molecule has 106 valence electrons. The fraction of sp³-hybridized carbons (Fsp3) is 0.625. The van der Waals surface area contributed by atoms with Crippen LogP contribution in [0.2, 0.25) is 0 Å². The van der Waals surface area contributed by atoms with E-state index in [1.165, 1.54) is 11.1 Å². The molecule has 19 heavy (non-hydrogen) atoms. The molecule has 1 unspecified atom stereocenters. The van der Waals surface area contributed by atoms with Crippen molar-refractivity contribution in [1.29, 1.82) is 0 Å². The maximum Gasteiger partial charge on any atom is 0.123 e. The van der Waals surface area contributed by atoms with E-state index in [0.717, 1.165) is 25.2 Å². The van der Waals surface area contributed by atoms with Gasteiger partial charge in [0.25, 0.3) is 0 Å². The van der Waals surface area contributed by atoms with Crippen molar-refractivity contribution in [2.75, 3.05) is 13.7 Å². The molecule has 0 spiro atoms. The van der Waals surface area contributed by atoms with Crippen LogP contribution >= 0.6 is 0 Å². The predicted molar refractivity (Wildman–Crippen MR) is 77.7 cm³/mol. The zero-order valence-electron chi connectivity index (χ0n) is 12.4. The fourth-order valence-electron chi connectivity index (χ4n) is 2.69. The minimum Gasteiger partial charge on any atom is -0.496 e. The van der Waals surface area contributed by atoms with Gasteiger partial charge in [-0.3, -0.25) is 0 Å². The van der Waals surface area contributed by atoms with E-state index in [1.54, 1.807) is 7.11 Å². The lowest BCUT2D eigenvalue weighted by atomic mass is 9.88. The summed E-state index contributed by atoms with van der Waals surface area (Å²) in [4.78, 5) is 0. The lowest BCUT2D eigenvalue weighted by Gasteiger charge is -2.37. The van der Waals surface area contributed by atoms with E-state index in [1.807, 2.05) is 0 Å². The van der Waals surface area contributed by atoms with Gasteiger partial charge in [-0.25, -0.2) is 0 Å². The molecule has 0 bridgehead atoms. The van der Waals surface area contributed by atoms with Crippen molar-refractivity contribution >= 4 is 0 Å². The first-order valence-electron chi connectivity index (χ1n) is 7.16. The average molecular weight is 263 g/mol. The summed E-state index contributed by atoms with van der Waals surface area (Å²) in [5, 5.41) is 3.66. The highest BCUT2D eigenvalue weighted by molar-refractivity contribution is 5.39. The molecule has 1 N–H and O–H groups in total. The molecule has 0 radical (unpaired) electrons. The van der Waals surface area contributed by atoms with Gasteiger partial charge in [-0.05, 0) is 45.2 Å². The molecule has 0 amide bonds. The Morgan fingerprint density at radius 3 is 2.74 bits per heavy atom. The molecule has 3 heteroatoms. The summed E-state index contributed by atoms with van der Waals surface area (Å²) in [5.74, 6) is 0.973. The quantitative estimate of drug-likeness (QED) is 0.855. The average Bonchev–Trinajstić information content (AvgIpc) is 2.35. The van der Waals surface area contributed by atoms with Crippen LogP contribution in [0.3, 0.4) is 0 Å². The van der Waals surface area contributed by atoms with Crippen LogP contribution in [0.25, 0.3) is 0 Å². The SMILES string of the molecule is CCOC1CC(NC(C)c2ccc(C)cc2OC)C1. The third kappa shape index (κ3) is 3.48. The van der Waals surface area contributed by atoms with Crippen molar-refractivity contribution in [1.82, 2.24) is 5.32 Å². The smallest absolute Gasteiger partial charge is 0.123 e. The molecule has 3 nitrogen and oxygen atoms in total. The zero-order valence-corrected chi connectivity index (χ0v) is 12.4. The van der Waals surface area contributed by atoms with Crippen LogP contribution in [0, 0.1) is 6.92 Å². The summed E-state index contributed by atoms with van der Waals surface area (Å²) < 4.78 is 11.1. The zero-order chi connectivity index (χ0) is 13.8. The first-order valence-corrected chi connectivity index (χ1v) is 7.16. The van der Waals surface area contributed by atoms with Gasteiger partial charge in [-0.15, -0.1) is 0 Å². The van der Waals surface area contributed by atoms with Gasteiger partial charge in [-0.1, -0.05) is 12.1 Å². The molecule has 1 fully saturated rings. The van der Waals surface area contributed by atoms with Crippen LogP contribution in [0.1, 0.15) is 43.9 Å². The molecule has 0 saturated heterocycles. The Kier molecular flexibility index (Phi) is 4.83. The monoisotopic (exact) mass is 263 g/mol. The van der Waals surface area contributed by atoms with Crippen LogP contribution in [-0.4, -0.2) is 25.9 Å². The second-order valence-electron chi connectivity index (χ2n) is 5.38. The van der Waals surface area contributed by atoms with Gasteiger partial charge >= 0.3 is 0 Å². The number of rotatable bonds is 6. The normalized spacial score (nSPS) is 23.8. The van der Waals surface area contributed by atoms with E-state index >= 15 is 0 Å². The van der Waals surface area contributed by atoms with E-state index in [9.17, 15) is 0 Å². The summed E-state index contributed by atoms with van der Waals surface area (Å²) in [6, 6.07) is 7.27. The standard InChI is InChI=1S/C16H25NO2/c1-5-19-14-9-13(10-14)17-12(3)15-7-6-11(2)8-16(15)18-4/h6-8,12-14,17H,5,9-10H2,1-4H3. The molecule has 0 heterocycles. The van der Waals surface area contributed by atoms with Gasteiger partial charge in [0.15, 0.2) is 0 Å². The molecule has 1 aromatic rings. The Morgan fingerprint density at radius 1 is 1.37 bits per heavy atom. The number of hydrogen-bond acceptors (Lipinski definition) is 3. The molecular formula is C16H25NO2. The van der Waals surface area contributed by atoms with Gasteiger partial charge in [-0.2, -0.15) is 0 Å². The van der Waals surface area contributed by atoms with E-state index in [4.69, 9.17) is 9.47 Å². The maximum atomic E-state index is 5.59. The summed E-state index contributed by atoms with van der Waals surface area (Å²) in [5.41, 5.74) is 2.46. The van der Waals surface area contributed by atoms with Crippen molar-refractivity contribution in [3.05, 3.63) is 29.3 Å². The van der Waals surface area contributed by atoms with Crippen LogP contribution in [-0.2, 0) is 4.74 Å². The van der Waals surface area contributed by atoms with Crippen LogP contribution in [0.5, 0.6) is 5.75 Å². The highest BCUT2D eigenvalue weighted by Gasteiger charge is 2.30. The minimum atomic E-state index is 0.308. The van der Waals surface area contributed by atoms with Crippen LogP contribution in [0.4, 0.5) is 0 Å². The molecule has 0 aliphatic heterocycles. The minimum absolute atomic E-state index is 0.308. The van der Waals surface area contributed by atoms with Crippen molar-refractivity contribution < 1.29 is 9.47 Å². The lowest BCUT2D eigenvalue weighted by molar-refractivity contribution is -0.0120. The summed E-state index contributed by atoms with van der Waals surface area (Å²) in [6.07, 6.45) is 2.69.